The molecule has 1 atom stereocenters. The van der Waals surface area contributed by atoms with Crippen molar-refractivity contribution < 1.29 is 4.79 Å². The second kappa shape index (κ2) is 6.04. The molecule has 1 aromatic rings. The molecule has 1 fully saturated rings. The van der Waals surface area contributed by atoms with E-state index in [0.717, 1.165) is 17.3 Å². The van der Waals surface area contributed by atoms with Crippen molar-refractivity contribution in [3.8, 4) is 0 Å². The fraction of sp³-hybridized carbons (Fsp3) is 0.462. The molecule has 2 rings (SSSR count). The van der Waals surface area contributed by atoms with Crippen molar-refractivity contribution >= 4 is 34.2 Å². The van der Waals surface area contributed by atoms with Crippen molar-refractivity contribution in [2.24, 2.45) is 11.7 Å². The van der Waals surface area contributed by atoms with E-state index in [9.17, 15) is 4.79 Å². The van der Waals surface area contributed by atoms with Crippen molar-refractivity contribution in [2.45, 2.75) is 25.3 Å². The summed E-state index contributed by atoms with van der Waals surface area (Å²) >= 11 is 3.35. The van der Waals surface area contributed by atoms with Crippen LogP contribution in [0.25, 0.3) is 0 Å². The summed E-state index contributed by atoms with van der Waals surface area (Å²) in [5, 5.41) is 3.06. The normalized spacial score (nSPS) is 17.5. The minimum Gasteiger partial charge on any atom is -0.345 e. The Balaban J connectivity index is 0.00000162. The van der Waals surface area contributed by atoms with E-state index in [1.54, 1.807) is 0 Å². The first-order valence-electron chi connectivity index (χ1n) is 5.83. The first-order valence-corrected chi connectivity index (χ1v) is 6.62. The monoisotopic (exact) mass is 332 g/mol. The van der Waals surface area contributed by atoms with Crippen LogP contribution in [0.5, 0.6) is 0 Å². The van der Waals surface area contributed by atoms with E-state index < -0.39 is 0 Å². The third kappa shape index (κ3) is 3.46. The molecule has 18 heavy (non-hydrogen) atoms. The molecule has 1 amide bonds. The number of carbonyl (C=O) groups is 1. The van der Waals surface area contributed by atoms with Gasteiger partial charge in [-0.15, -0.1) is 12.4 Å². The van der Waals surface area contributed by atoms with Crippen molar-refractivity contribution in [1.82, 2.24) is 5.32 Å². The predicted molar refractivity (Wildman–Crippen MR) is 79.0 cm³/mol. The summed E-state index contributed by atoms with van der Waals surface area (Å²) in [5.41, 5.74) is 6.19. The summed E-state index contributed by atoms with van der Waals surface area (Å²) in [6.07, 6.45) is 2.32. The van der Waals surface area contributed by atoms with Gasteiger partial charge in [0.1, 0.15) is 0 Å². The maximum absolute atomic E-state index is 12.1. The van der Waals surface area contributed by atoms with E-state index in [2.05, 4.69) is 21.2 Å². The minimum atomic E-state index is -0.260. The number of amides is 1. The van der Waals surface area contributed by atoms with Crippen LogP contribution < -0.4 is 11.1 Å². The standard InChI is InChI=1S/C13H17BrN2O.ClH/c1-13(8-15,10-4-5-10)16-12(17)9-2-6-11(14)7-3-9;/h2-3,6-7,10H,4-5,8,15H2,1H3,(H,16,17);1H. The Morgan fingerprint density at radius 1 is 1.44 bits per heavy atom. The predicted octanol–water partition coefficient (Wildman–Crippen LogP) is 2.73. The fourth-order valence-electron chi connectivity index (χ4n) is 1.97. The van der Waals surface area contributed by atoms with Crippen LogP contribution in [0, 0.1) is 5.92 Å². The Labute approximate surface area is 122 Å². The maximum Gasteiger partial charge on any atom is 0.251 e. The van der Waals surface area contributed by atoms with E-state index in [-0.39, 0.29) is 23.9 Å². The Bertz CT molecular complexity index is 420. The van der Waals surface area contributed by atoms with E-state index in [4.69, 9.17) is 5.73 Å². The van der Waals surface area contributed by atoms with Gasteiger partial charge < -0.3 is 11.1 Å². The molecule has 1 unspecified atom stereocenters. The number of carbonyl (C=O) groups excluding carboxylic acids is 1. The Morgan fingerprint density at radius 3 is 2.44 bits per heavy atom. The molecule has 1 aliphatic rings. The zero-order valence-corrected chi connectivity index (χ0v) is 12.7. The minimum absolute atomic E-state index is 0. The molecular formula is C13H18BrClN2O. The molecule has 1 aromatic carbocycles. The van der Waals surface area contributed by atoms with Crippen LogP contribution in [0.1, 0.15) is 30.1 Å². The number of halogens is 2. The molecule has 0 saturated heterocycles. The quantitative estimate of drug-likeness (QED) is 0.890. The average Bonchev–Trinajstić information content (AvgIpc) is 3.13. The van der Waals surface area contributed by atoms with Crippen molar-refractivity contribution in [3.63, 3.8) is 0 Å². The van der Waals surface area contributed by atoms with E-state index in [0.29, 0.717) is 18.0 Å². The fourth-order valence-corrected chi connectivity index (χ4v) is 2.24. The smallest absolute Gasteiger partial charge is 0.251 e. The Kier molecular flexibility index (Phi) is 5.20. The second-order valence-electron chi connectivity index (χ2n) is 4.86. The second-order valence-corrected chi connectivity index (χ2v) is 5.77. The van der Waals surface area contributed by atoms with Gasteiger partial charge in [-0.25, -0.2) is 0 Å². The van der Waals surface area contributed by atoms with Gasteiger partial charge in [0.15, 0.2) is 0 Å². The first kappa shape index (κ1) is 15.5. The van der Waals surface area contributed by atoms with Crippen LogP contribution in [0.2, 0.25) is 0 Å². The molecule has 0 aromatic heterocycles. The topological polar surface area (TPSA) is 55.1 Å². The van der Waals surface area contributed by atoms with Crippen LogP contribution in [0.15, 0.2) is 28.7 Å². The zero-order chi connectivity index (χ0) is 12.5. The number of hydrogen-bond donors (Lipinski definition) is 2. The molecule has 0 spiro atoms. The Hall–Kier alpha value is -0.580. The molecule has 0 radical (unpaired) electrons. The summed E-state index contributed by atoms with van der Waals surface area (Å²) in [7, 11) is 0. The van der Waals surface area contributed by atoms with Crippen molar-refractivity contribution in [3.05, 3.63) is 34.3 Å². The van der Waals surface area contributed by atoms with Gasteiger partial charge in [-0.1, -0.05) is 15.9 Å². The average molecular weight is 334 g/mol. The summed E-state index contributed by atoms with van der Waals surface area (Å²) in [6.45, 7) is 2.52. The highest BCUT2D eigenvalue weighted by Crippen LogP contribution is 2.39. The number of rotatable bonds is 4. The SMILES string of the molecule is CC(CN)(NC(=O)c1ccc(Br)cc1)C1CC1.Cl. The van der Waals surface area contributed by atoms with Crippen LogP contribution >= 0.6 is 28.3 Å². The van der Waals surface area contributed by atoms with Crippen LogP contribution in [0.4, 0.5) is 0 Å². The van der Waals surface area contributed by atoms with Gasteiger partial charge in [0, 0.05) is 16.6 Å². The first-order chi connectivity index (χ1) is 8.05. The van der Waals surface area contributed by atoms with Gasteiger partial charge in [0.05, 0.1) is 5.54 Å². The third-order valence-electron chi connectivity index (χ3n) is 3.41. The summed E-state index contributed by atoms with van der Waals surface area (Å²) in [6, 6.07) is 7.35. The summed E-state index contributed by atoms with van der Waals surface area (Å²) in [4.78, 5) is 12.1. The zero-order valence-electron chi connectivity index (χ0n) is 10.3. The maximum atomic E-state index is 12.1. The molecule has 100 valence electrons. The molecule has 0 bridgehead atoms. The van der Waals surface area contributed by atoms with Crippen LogP contribution in [-0.2, 0) is 0 Å². The van der Waals surface area contributed by atoms with E-state index in [1.807, 2.05) is 31.2 Å². The molecule has 0 aliphatic heterocycles. The lowest BCUT2D eigenvalue weighted by Gasteiger charge is -2.29. The highest BCUT2D eigenvalue weighted by Gasteiger charge is 2.41. The highest BCUT2D eigenvalue weighted by molar-refractivity contribution is 9.10. The van der Waals surface area contributed by atoms with Gasteiger partial charge in [0.25, 0.3) is 5.91 Å². The number of benzene rings is 1. The molecular weight excluding hydrogens is 316 g/mol. The number of hydrogen-bond acceptors (Lipinski definition) is 2. The highest BCUT2D eigenvalue weighted by atomic mass is 79.9. The van der Waals surface area contributed by atoms with Gasteiger partial charge in [0.2, 0.25) is 0 Å². The van der Waals surface area contributed by atoms with Gasteiger partial charge in [-0.3, -0.25) is 4.79 Å². The molecule has 5 heteroatoms. The molecule has 1 saturated carbocycles. The van der Waals surface area contributed by atoms with Crippen LogP contribution in [-0.4, -0.2) is 18.0 Å². The third-order valence-corrected chi connectivity index (χ3v) is 3.94. The van der Waals surface area contributed by atoms with Crippen molar-refractivity contribution in [1.29, 1.82) is 0 Å². The summed E-state index contributed by atoms with van der Waals surface area (Å²) in [5.74, 6) is 0.490. The van der Waals surface area contributed by atoms with Crippen molar-refractivity contribution in [2.75, 3.05) is 6.54 Å². The molecule has 1 aliphatic carbocycles. The lowest BCUT2D eigenvalue weighted by atomic mass is 9.95. The Morgan fingerprint density at radius 2 is 2.00 bits per heavy atom. The molecule has 3 nitrogen and oxygen atoms in total. The number of nitrogens with two attached hydrogens (primary N) is 1. The van der Waals surface area contributed by atoms with Gasteiger partial charge in [-0.2, -0.15) is 0 Å². The largest absolute Gasteiger partial charge is 0.345 e. The van der Waals surface area contributed by atoms with Crippen LogP contribution in [0.3, 0.4) is 0 Å². The van der Waals surface area contributed by atoms with E-state index in [1.165, 1.54) is 0 Å². The summed E-state index contributed by atoms with van der Waals surface area (Å²) < 4.78 is 0.970. The van der Waals surface area contributed by atoms with Gasteiger partial charge >= 0.3 is 0 Å². The van der Waals surface area contributed by atoms with Gasteiger partial charge in [-0.05, 0) is 49.9 Å². The molecule has 3 N–H and O–H groups in total. The molecule has 0 heterocycles. The lowest BCUT2D eigenvalue weighted by molar-refractivity contribution is 0.0898. The number of nitrogens with one attached hydrogen (secondary N) is 1. The van der Waals surface area contributed by atoms with E-state index >= 15 is 0 Å². The lowest BCUT2D eigenvalue weighted by Crippen LogP contribution is -2.53.